The molecule has 0 fully saturated rings. The fourth-order valence-corrected chi connectivity index (χ4v) is 3.63. The number of nitrogens with zero attached hydrogens (tertiary/aromatic N) is 1. The Kier molecular flexibility index (Phi) is 6.55. The van der Waals surface area contributed by atoms with Crippen LogP contribution in [0.4, 0.5) is 5.13 Å². The highest BCUT2D eigenvalue weighted by Gasteiger charge is 2.11. The van der Waals surface area contributed by atoms with Crippen molar-refractivity contribution >= 4 is 28.3 Å². The minimum Gasteiger partial charge on any atom is -0.355 e. The zero-order chi connectivity index (χ0) is 18.2. The van der Waals surface area contributed by atoms with Crippen molar-refractivity contribution in [2.45, 2.75) is 38.5 Å². The molecular weight excluding hydrogens is 346 g/mol. The number of hydrogen-bond acceptors (Lipinski definition) is 4. The van der Waals surface area contributed by atoms with Gasteiger partial charge in [0, 0.05) is 17.5 Å². The molecule has 1 aromatic carbocycles. The van der Waals surface area contributed by atoms with Gasteiger partial charge in [-0.25, -0.2) is 4.98 Å². The summed E-state index contributed by atoms with van der Waals surface area (Å²) in [5.41, 5.74) is 2.71. The quantitative estimate of drug-likeness (QED) is 0.726. The normalized spacial score (nSPS) is 13.8. The third-order valence-electron chi connectivity index (χ3n) is 4.30. The van der Waals surface area contributed by atoms with E-state index < -0.39 is 0 Å². The molecule has 1 aromatic heterocycles. The lowest BCUT2D eigenvalue weighted by atomic mass is 9.97. The first-order chi connectivity index (χ1) is 12.7. The van der Waals surface area contributed by atoms with E-state index in [1.54, 1.807) is 12.1 Å². The van der Waals surface area contributed by atoms with E-state index in [0.29, 0.717) is 22.9 Å². The molecule has 0 atom stereocenters. The Morgan fingerprint density at radius 2 is 2.00 bits per heavy atom. The van der Waals surface area contributed by atoms with Gasteiger partial charge in [-0.3, -0.25) is 14.9 Å². The van der Waals surface area contributed by atoms with Gasteiger partial charge in [0.25, 0.3) is 5.91 Å². The van der Waals surface area contributed by atoms with Gasteiger partial charge in [-0.2, -0.15) is 0 Å². The van der Waals surface area contributed by atoms with Crippen LogP contribution in [-0.2, 0) is 11.2 Å². The van der Waals surface area contributed by atoms with Crippen LogP contribution in [0.2, 0.25) is 0 Å². The Morgan fingerprint density at radius 3 is 2.77 bits per heavy atom. The summed E-state index contributed by atoms with van der Waals surface area (Å²) < 4.78 is 0. The number of allylic oxidation sites excluding steroid dienone is 1. The van der Waals surface area contributed by atoms with E-state index in [1.165, 1.54) is 36.2 Å². The van der Waals surface area contributed by atoms with Gasteiger partial charge in [-0.1, -0.05) is 29.8 Å². The molecular formula is C20H23N3O2S. The van der Waals surface area contributed by atoms with Crippen LogP contribution >= 0.6 is 11.3 Å². The maximum absolute atomic E-state index is 12.1. The maximum Gasteiger partial charge on any atom is 0.257 e. The monoisotopic (exact) mass is 369 g/mol. The number of rotatable bonds is 7. The van der Waals surface area contributed by atoms with Crippen molar-refractivity contribution in [2.75, 3.05) is 11.9 Å². The fourth-order valence-electron chi connectivity index (χ4n) is 2.93. The van der Waals surface area contributed by atoms with E-state index in [1.807, 2.05) is 23.6 Å². The number of anilines is 1. The van der Waals surface area contributed by atoms with E-state index in [4.69, 9.17) is 0 Å². The van der Waals surface area contributed by atoms with E-state index in [9.17, 15) is 9.59 Å². The standard InChI is InChI=1S/C20H23N3O2S/c24-18(21-12-11-15-7-3-1-4-8-15)13-17-14-26-20(22-17)23-19(25)16-9-5-2-6-10-16/h2,5-7,9-10,14H,1,3-4,8,11-13H2,(H,21,24)(H,22,23,25). The molecule has 1 aliphatic carbocycles. The van der Waals surface area contributed by atoms with Crippen molar-refractivity contribution in [3.05, 3.63) is 58.6 Å². The van der Waals surface area contributed by atoms with Crippen LogP contribution in [0, 0.1) is 0 Å². The van der Waals surface area contributed by atoms with Crippen LogP contribution in [0.15, 0.2) is 47.4 Å². The molecule has 0 aliphatic heterocycles. The van der Waals surface area contributed by atoms with E-state index in [-0.39, 0.29) is 18.2 Å². The lowest BCUT2D eigenvalue weighted by Crippen LogP contribution is -2.26. The van der Waals surface area contributed by atoms with Crippen LogP contribution in [0.25, 0.3) is 0 Å². The van der Waals surface area contributed by atoms with E-state index in [2.05, 4.69) is 21.7 Å². The summed E-state index contributed by atoms with van der Waals surface area (Å²) in [7, 11) is 0. The number of aromatic nitrogens is 1. The van der Waals surface area contributed by atoms with Crippen LogP contribution in [0.1, 0.15) is 48.2 Å². The third kappa shape index (κ3) is 5.52. The zero-order valence-corrected chi connectivity index (χ0v) is 15.5. The Morgan fingerprint density at radius 1 is 1.15 bits per heavy atom. The first-order valence-corrected chi connectivity index (χ1v) is 9.84. The second kappa shape index (κ2) is 9.29. The van der Waals surface area contributed by atoms with Crippen molar-refractivity contribution in [1.82, 2.24) is 10.3 Å². The number of carbonyl (C=O) groups is 2. The largest absolute Gasteiger partial charge is 0.355 e. The highest BCUT2D eigenvalue weighted by atomic mass is 32.1. The molecule has 0 radical (unpaired) electrons. The van der Waals surface area contributed by atoms with Crippen molar-refractivity contribution in [2.24, 2.45) is 0 Å². The Balaban J connectivity index is 1.43. The van der Waals surface area contributed by atoms with E-state index in [0.717, 1.165) is 12.8 Å². The number of amides is 2. The SMILES string of the molecule is O=C(Cc1csc(NC(=O)c2ccccc2)n1)NCCC1=CCCCC1. The Bertz CT molecular complexity index is 783. The molecule has 5 nitrogen and oxygen atoms in total. The molecule has 2 N–H and O–H groups in total. The topological polar surface area (TPSA) is 71.1 Å². The molecule has 1 heterocycles. The second-order valence-corrected chi connectivity index (χ2v) is 7.21. The highest BCUT2D eigenvalue weighted by Crippen LogP contribution is 2.19. The van der Waals surface area contributed by atoms with Gasteiger partial charge in [0.15, 0.2) is 5.13 Å². The molecule has 0 spiro atoms. The van der Waals surface area contributed by atoms with E-state index >= 15 is 0 Å². The number of hydrogen-bond donors (Lipinski definition) is 2. The van der Waals surface area contributed by atoms with Crippen molar-refractivity contribution in [3.63, 3.8) is 0 Å². The third-order valence-corrected chi connectivity index (χ3v) is 5.11. The number of nitrogens with one attached hydrogen (secondary N) is 2. The van der Waals surface area contributed by atoms with Gasteiger partial charge < -0.3 is 5.32 Å². The first kappa shape index (κ1) is 18.3. The Labute approximate surface area is 157 Å². The summed E-state index contributed by atoms with van der Waals surface area (Å²) in [5.74, 6) is -0.232. The van der Waals surface area contributed by atoms with Gasteiger partial charge >= 0.3 is 0 Å². The summed E-state index contributed by atoms with van der Waals surface area (Å²) in [5, 5.41) is 8.04. The predicted molar refractivity (Wildman–Crippen MR) is 104 cm³/mol. The Hall–Kier alpha value is -2.47. The molecule has 2 aromatic rings. The minimum absolute atomic E-state index is 0.0346. The average molecular weight is 369 g/mol. The van der Waals surface area contributed by atoms with Gasteiger partial charge in [0.1, 0.15) is 0 Å². The molecule has 136 valence electrons. The van der Waals surface area contributed by atoms with Gasteiger partial charge in [0.05, 0.1) is 12.1 Å². The zero-order valence-electron chi connectivity index (χ0n) is 14.7. The summed E-state index contributed by atoms with van der Waals surface area (Å²) in [6.45, 7) is 0.673. The van der Waals surface area contributed by atoms with Crippen LogP contribution in [-0.4, -0.2) is 23.3 Å². The van der Waals surface area contributed by atoms with Crippen molar-refractivity contribution in [3.8, 4) is 0 Å². The summed E-state index contributed by atoms with van der Waals surface area (Å²) >= 11 is 1.33. The predicted octanol–water partition coefficient (Wildman–Crippen LogP) is 3.94. The number of carbonyl (C=O) groups excluding carboxylic acids is 2. The minimum atomic E-state index is -0.197. The molecule has 6 heteroatoms. The van der Waals surface area contributed by atoms with Crippen molar-refractivity contribution < 1.29 is 9.59 Å². The highest BCUT2D eigenvalue weighted by molar-refractivity contribution is 7.14. The molecule has 2 amide bonds. The van der Waals surface area contributed by atoms with Crippen LogP contribution in [0.5, 0.6) is 0 Å². The van der Waals surface area contributed by atoms with Crippen molar-refractivity contribution in [1.29, 1.82) is 0 Å². The lowest BCUT2D eigenvalue weighted by molar-refractivity contribution is -0.120. The maximum atomic E-state index is 12.1. The number of benzene rings is 1. The molecule has 26 heavy (non-hydrogen) atoms. The molecule has 0 saturated heterocycles. The van der Waals surface area contributed by atoms with Gasteiger partial charge in [-0.05, 0) is 44.2 Å². The first-order valence-electron chi connectivity index (χ1n) is 8.96. The lowest BCUT2D eigenvalue weighted by Gasteiger charge is -2.12. The molecule has 1 aliphatic rings. The van der Waals surface area contributed by atoms with Crippen LogP contribution in [0.3, 0.4) is 0 Å². The molecule has 0 saturated carbocycles. The summed E-state index contributed by atoms with van der Waals surface area (Å²) in [6, 6.07) is 8.99. The van der Waals surface area contributed by atoms with Crippen LogP contribution < -0.4 is 10.6 Å². The second-order valence-electron chi connectivity index (χ2n) is 6.35. The smallest absolute Gasteiger partial charge is 0.257 e. The van der Waals surface area contributed by atoms with Gasteiger partial charge in [-0.15, -0.1) is 11.3 Å². The summed E-state index contributed by atoms with van der Waals surface area (Å²) in [6.07, 6.45) is 8.33. The fraction of sp³-hybridized carbons (Fsp3) is 0.350. The molecule has 0 bridgehead atoms. The summed E-state index contributed by atoms with van der Waals surface area (Å²) in [4.78, 5) is 28.5. The number of thiazole rings is 1. The molecule has 0 unspecified atom stereocenters. The average Bonchev–Trinajstić information content (AvgIpc) is 3.10. The van der Waals surface area contributed by atoms with Gasteiger partial charge in [0.2, 0.25) is 5.91 Å². The molecule has 3 rings (SSSR count).